The summed E-state index contributed by atoms with van der Waals surface area (Å²) in [6.45, 7) is 9.68. The zero-order valence-electron chi connectivity index (χ0n) is 35.0. The van der Waals surface area contributed by atoms with Crippen LogP contribution in [0.25, 0.3) is 52.8 Å². The van der Waals surface area contributed by atoms with Crippen LogP contribution in [0.5, 0.6) is 0 Å². The summed E-state index contributed by atoms with van der Waals surface area (Å²) >= 11 is 3.55. The number of aliphatic hydroxyl groups is 1. The van der Waals surface area contributed by atoms with Gasteiger partial charge in [-0.05, 0) is 71.9 Å². The lowest BCUT2D eigenvalue weighted by molar-refractivity contribution is -0.139. The number of hydrogen-bond acceptors (Lipinski definition) is 9. The van der Waals surface area contributed by atoms with Gasteiger partial charge < -0.3 is 35.5 Å². The quantitative estimate of drug-likeness (QED) is 0.0791. The van der Waals surface area contributed by atoms with Crippen LogP contribution in [0, 0.1) is 11.8 Å². The topological polar surface area (TPSA) is 176 Å². The van der Waals surface area contributed by atoms with Crippen molar-refractivity contribution in [2.75, 3.05) is 19.7 Å². The third kappa shape index (κ3) is 8.77. The van der Waals surface area contributed by atoms with Crippen LogP contribution >= 0.6 is 22.7 Å². The molecule has 318 valence electrons. The minimum atomic E-state index is -0.714. The lowest BCUT2D eigenvalue weighted by Crippen LogP contribution is -2.51. The van der Waals surface area contributed by atoms with Gasteiger partial charge in [-0.2, -0.15) is 0 Å². The predicted octanol–water partition coefficient (Wildman–Crippen LogP) is 7.70. The molecule has 2 fully saturated rings. The zero-order valence-corrected chi connectivity index (χ0v) is 36.7. The van der Waals surface area contributed by atoms with Crippen LogP contribution in [0.4, 0.5) is 0 Å². The number of likely N-dealkylation sites (tertiary alicyclic amines) is 2. The lowest BCUT2D eigenvalue weighted by atomic mass is 10.0. The van der Waals surface area contributed by atoms with E-state index in [1.165, 1.54) is 26.1 Å². The Bertz CT molecular complexity index is 2500. The summed E-state index contributed by atoms with van der Waals surface area (Å²) < 4.78 is 2.47. The third-order valence-electron chi connectivity index (χ3n) is 11.7. The number of amides is 4. The Balaban J connectivity index is 0.911. The Kier molecular flexibility index (Phi) is 12.2. The van der Waals surface area contributed by atoms with E-state index in [9.17, 15) is 24.3 Å². The fourth-order valence-corrected chi connectivity index (χ4v) is 10.9. The number of aromatic amines is 2. The molecule has 2 aromatic carbocycles. The number of nitrogens with one attached hydrogen (secondary N) is 4. The molecule has 6 heterocycles. The molecule has 4 amide bonds. The molecule has 0 bridgehead atoms. The summed E-state index contributed by atoms with van der Waals surface area (Å²) in [6.07, 6.45) is 6.97. The molecule has 8 rings (SSSR count). The summed E-state index contributed by atoms with van der Waals surface area (Å²) in [5.41, 5.74) is 6.07. The second-order valence-electron chi connectivity index (χ2n) is 16.7. The molecule has 2 saturated heterocycles. The molecule has 61 heavy (non-hydrogen) atoms. The van der Waals surface area contributed by atoms with Crippen molar-refractivity contribution in [3.63, 3.8) is 0 Å². The summed E-state index contributed by atoms with van der Waals surface area (Å²) in [7, 11) is 0. The third-order valence-corrected chi connectivity index (χ3v) is 14.1. The molecule has 5 N–H and O–H groups in total. The molecule has 13 nitrogen and oxygen atoms in total. The van der Waals surface area contributed by atoms with Gasteiger partial charge in [0.1, 0.15) is 30.3 Å². The molecular weight excluding hydrogens is 809 g/mol. The monoisotopic (exact) mass is 860 g/mol. The SMILES string of the molecule is CC(=O)N[C@H](C(=O)N1CCCC1c1ncc(-c2ccc(-c3cc4sc(-c5ccc(-c6cnc([C@@H]7CCCN7C(=O)[C@@H](NC(=O)CO)C(C)C)[nH]6)cc5)cc4s3)cc2)[nH]1)C(C)C. The number of rotatable bonds is 13. The molecular formula is C46H52N8O5S2. The van der Waals surface area contributed by atoms with Crippen LogP contribution in [0.3, 0.4) is 0 Å². The highest BCUT2D eigenvalue weighted by Crippen LogP contribution is 2.43. The molecule has 1 unspecified atom stereocenters. The van der Waals surface area contributed by atoms with Gasteiger partial charge in [0.05, 0.1) is 35.9 Å². The maximum atomic E-state index is 13.5. The number of benzene rings is 2. The van der Waals surface area contributed by atoms with E-state index in [2.05, 4.69) is 86.2 Å². The van der Waals surface area contributed by atoms with E-state index < -0.39 is 24.6 Å². The number of carbonyl (C=O) groups is 4. The van der Waals surface area contributed by atoms with Gasteiger partial charge in [-0.3, -0.25) is 19.2 Å². The largest absolute Gasteiger partial charge is 0.387 e. The molecule has 6 aromatic rings. The van der Waals surface area contributed by atoms with Crippen molar-refractivity contribution in [1.82, 2.24) is 40.4 Å². The van der Waals surface area contributed by atoms with E-state index in [-0.39, 0.29) is 41.6 Å². The van der Waals surface area contributed by atoms with Gasteiger partial charge in [0.2, 0.25) is 23.6 Å². The minimum absolute atomic E-state index is 0.0224. The van der Waals surface area contributed by atoms with Gasteiger partial charge in [0.25, 0.3) is 0 Å². The van der Waals surface area contributed by atoms with Crippen molar-refractivity contribution < 1.29 is 24.3 Å². The molecule has 4 aromatic heterocycles. The standard InChI is InChI=1S/C46H52N8O5S2/c1-25(2)41(49-27(5)56)45(58)53-18-6-8-34(53)43-47-22-32(50-43)28-10-14-30(15-11-28)36-20-38-39(60-36)21-37(61-38)31-16-12-29(13-17-31)33-23-48-44(51-33)35-9-7-19-54(35)46(59)42(26(3)4)52-40(57)24-55/h10-17,20-23,25-26,34-35,41-42,55H,6-9,18-19,24H2,1-5H3,(H,47,50)(H,48,51)(H,49,56)(H,52,57)/t34?,35-,41-,42-/m0/s1. The van der Waals surface area contributed by atoms with E-state index in [0.717, 1.165) is 71.0 Å². The smallest absolute Gasteiger partial charge is 0.246 e. The van der Waals surface area contributed by atoms with Crippen molar-refractivity contribution in [2.24, 2.45) is 11.8 Å². The first-order chi connectivity index (χ1) is 29.4. The van der Waals surface area contributed by atoms with Crippen molar-refractivity contribution in [3.8, 4) is 43.4 Å². The molecule has 0 spiro atoms. The zero-order chi connectivity index (χ0) is 42.9. The van der Waals surface area contributed by atoms with E-state index in [1.54, 1.807) is 27.6 Å². The van der Waals surface area contributed by atoms with Crippen LogP contribution in [-0.4, -0.2) is 90.3 Å². The van der Waals surface area contributed by atoms with E-state index in [0.29, 0.717) is 13.1 Å². The van der Waals surface area contributed by atoms with Gasteiger partial charge in [0.15, 0.2) is 0 Å². The predicted molar refractivity (Wildman–Crippen MR) is 239 cm³/mol. The summed E-state index contributed by atoms with van der Waals surface area (Å²) in [5, 5.41) is 14.8. The van der Waals surface area contributed by atoms with Crippen LogP contribution < -0.4 is 10.6 Å². The summed E-state index contributed by atoms with van der Waals surface area (Å²) in [4.78, 5) is 73.2. The maximum absolute atomic E-state index is 13.5. The van der Waals surface area contributed by atoms with Gasteiger partial charge >= 0.3 is 0 Å². The van der Waals surface area contributed by atoms with Crippen LogP contribution in [0.1, 0.15) is 84.0 Å². The van der Waals surface area contributed by atoms with Crippen molar-refractivity contribution in [2.45, 2.75) is 84.5 Å². The lowest BCUT2D eigenvalue weighted by Gasteiger charge is -2.30. The number of hydrogen-bond donors (Lipinski definition) is 5. The number of nitrogens with zero attached hydrogens (tertiary/aromatic N) is 4. The second-order valence-corrected chi connectivity index (χ2v) is 18.9. The van der Waals surface area contributed by atoms with Gasteiger partial charge in [0, 0.05) is 39.2 Å². The number of aromatic nitrogens is 4. The molecule has 2 aliphatic rings. The van der Waals surface area contributed by atoms with Crippen LogP contribution in [-0.2, 0) is 19.2 Å². The molecule has 2 aliphatic heterocycles. The average molecular weight is 861 g/mol. The normalized spacial score (nSPS) is 17.7. The molecule has 0 saturated carbocycles. The van der Waals surface area contributed by atoms with E-state index >= 15 is 0 Å². The van der Waals surface area contributed by atoms with Gasteiger partial charge in [-0.1, -0.05) is 76.2 Å². The van der Waals surface area contributed by atoms with E-state index in [1.807, 2.05) is 45.0 Å². The number of imidazole rings is 2. The van der Waals surface area contributed by atoms with E-state index in [4.69, 9.17) is 4.98 Å². The Morgan fingerprint density at radius 2 is 1.10 bits per heavy atom. The Morgan fingerprint density at radius 1 is 0.689 bits per heavy atom. The second kappa shape index (κ2) is 17.8. The number of carbonyl (C=O) groups excluding carboxylic acids is 4. The first-order valence-electron chi connectivity index (χ1n) is 21.0. The summed E-state index contributed by atoms with van der Waals surface area (Å²) in [6, 6.07) is 19.8. The van der Waals surface area contributed by atoms with Gasteiger partial charge in [-0.15, -0.1) is 22.7 Å². The van der Waals surface area contributed by atoms with Crippen LogP contribution in [0.15, 0.2) is 73.1 Å². The first kappa shape index (κ1) is 42.1. The van der Waals surface area contributed by atoms with Gasteiger partial charge in [-0.25, -0.2) is 9.97 Å². The number of thiophene rings is 2. The van der Waals surface area contributed by atoms with Crippen molar-refractivity contribution >= 4 is 55.7 Å². The van der Waals surface area contributed by atoms with Crippen molar-refractivity contribution in [1.29, 1.82) is 0 Å². The molecule has 15 heteroatoms. The number of H-pyrrole nitrogens is 2. The molecule has 0 radical (unpaired) electrons. The first-order valence-corrected chi connectivity index (χ1v) is 22.6. The molecule has 0 aliphatic carbocycles. The minimum Gasteiger partial charge on any atom is -0.387 e. The fourth-order valence-electron chi connectivity index (χ4n) is 8.51. The highest BCUT2D eigenvalue weighted by molar-refractivity contribution is 7.31. The number of fused-ring (bicyclic) bond motifs is 1. The maximum Gasteiger partial charge on any atom is 0.246 e. The van der Waals surface area contributed by atoms with Crippen molar-refractivity contribution in [3.05, 3.63) is 84.7 Å². The average Bonchev–Trinajstić information content (AvgIpc) is 4.11. The highest BCUT2D eigenvalue weighted by atomic mass is 32.1. The Morgan fingerprint density at radius 3 is 1.49 bits per heavy atom. The Labute approximate surface area is 363 Å². The highest BCUT2D eigenvalue weighted by Gasteiger charge is 2.38. The fraction of sp³-hybridized carbons (Fsp3) is 0.391. The number of aliphatic hydroxyl groups excluding tert-OH is 1. The van der Waals surface area contributed by atoms with Crippen LogP contribution in [0.2, 0.25) is 0 Å². The molecule has 4 atom stereocenters. The summed E-state index contributed by atoms with van der Waals surface area (Å²) in [5.74, 6) is 0.346. The Hall–Kier alpha value is -5.64.